The van der Waals surface area contributed by atoms with Crippen molar-refractivity contribution >= 4 is 21.8 Å². The topological polar surface area (TPSA) is 95.6 Å². The summed E-state index contributed by atoms with van der Waals surface area (Å²) in [6.07, 6.45) is 1.99. The minimum atomic E-state index is -3.25. The molecule has 0 aromatic heterocycles. The predicted octanol–water partition coefficient (Wildman–Crippen LogP) is 0.725. The van der Waals surface area contributed by atoms with Crippen LogP contribution in [0.15, 0.2) is 18.2 Å². The summed E-state index contributed by atoms with van der Waals surface area (Å²) in [5.41, 5.74) is 0.503. The number of halogens is 2. The summed E-state index contributed by atoms with van der Waals surface area (Å²) < 4.78 is 50.5. The molecule has 1 aromatic carbocycles. The average Bonchev–Trinajstić information content (AvgIpc) is 2.61. The molecule has 1 fully saturated rings. The molecule has 0 radical (unpaired) electrons. The quantitative estimate of drug-likeness (QED) is 0.709. The highest BCUT2D eigenvalue weighted by molar-refractivity contribution is 7.88. The predicted molar refractivity (Wildman–Crippen MR) is 95.4 cm³/mol. The molecule has 1 saturated heterocycles. The van der Waals surface area contributed by atoms with Crippen molar-refractivity contribution in [3.05, 3.63) is 35.4 Å². The molecule has 1 aromatic rings. The first-order chi connectivity index (χ1) is 12.6. The maximum absolute atomic E-state index is 13.3. The van der Waals surface area contributed by atoms with Crippen LogP contribution >= 0.6 is 0 Å². The van der Waals surface area contributed by atoms with Crippen molar-refractivity contribution in [2.24, 2.45) is 0 Å². The standard InChI is InChI=1S/C17H23F2N3O4S/c1-11(12-3-4-14(18)15(19)9-12)10-20-16(23)17(24)21-13-5-7-22(8-6-13)27(2,25)26/h3-4,9,11,13H,5-8,10H2,1-2H3,(H,20,23)(H,21,24). The van der Waals surface area contributed by atoms with Gasteiger partial charge in [-0.2, -0.15) is 0 Å². The number of amides is 2. The summed E-state index contributed by atoms with van der Waals surface area (Å²) in [6, 6.07) is 3.22. The zero-order chi connectivity index (χ0) is 20.2. The Morgan fingerprint density at radius 1 is 1.19 bits per heavy atom. The number of hydrogen-bond acceptors (Lipinski definition) is 4. The van der Waals surface area contributed by atoms with E-state index in [0.29, 0.717) is 31.5 Å². The smallest absolute Gasteiger partial charge is 0.309 e. The Kier molecular flexibility index (Phi) is 6.88. The van der Waals surface area contributed by atoms with Crippen LogP contribution in [0.5, 0.6) is 0 Å². The number of rotatable bonds is 5. The monoisotopic (exact) mass is 403 g/mol. The number of nitrogens with one attached hydrogen (secondary N) is 2. The molecule has 27 heavy (non-hydrogen) atoms. The Hall–Kier alpha value is -2.07. The van der Waals surface area contributed by atoms with Gasteiger partial charge < -0.3 is 10.6 Å². The van der Waals surface area contributed by atoms with Crippen LogP contribution in [0.25, 0.3) is 0 Å². The molecule has 0 bridgehead atoms. The number of hydrogen-bond donors (Lipinski definition) is 2. The van der Waals surface area contributed by atoms with Crippen LogP contribution in [0, 0.1) is 11.6 Å². The maximum atomic E-state index is 13.3. The Labute approximate surface area is 157 Å². The molecule has 2 amide bonds. The minimum Gasteiger partial charge on any atom is -0.347 e. The first-order valence-electron chi connectivity index (χ1n) is 8.56. The van der Waals surface area contributed by atoms with Crippen molar-refractivity contribution in [3.8, 4) is 0 Å². The molecule has 150 valence electrons. The van der Waals surface area contributed by atoms with Crippen molar-refractivity contribution in [3.63, 3.8) is 0 Å². The fraction of sp³-hybridized carbons (Fsp3) is 0.529. The highest BCUT2D eigenvalue weighted by Gasteiger charge is 2.27. The third kappa shape index (κ3) is 5.96. The third-order valence-electron chi connectivity index (χ3n) is 4.55. The van der Waals surface area contributed by atoms with Gasteiger partial charge in [-0.05, 0) is 36.5 Å². The van der Waals surface area contributed by atoms with Gasteiger partial charge in [-0.25, -0.2) is 21.5 Å². The molecule has 1 heterocycles. The van der Waals surface area contributed by atoms with Crippen LogP contribution in [-0.2, 0) is 19.6 Å². The summed E-state index contributed by atoms with van der Waals surface area (Å²) in [5.74, 6) is -3.85. The molecule has 1 aliphatic rings. The lowest BCUT2D eigenvalue weighted by Crippen LogP contribution is -2.50. The molecular weight excluding hydrogens is 380 g/mol. The Bertz CT molecular complexity index is 808. The summed E-state index contributed by atoms with van der Waals surface area (Å²) in [4.78, 5) is 23.9. The SMILES string of the molecule is CC(CNC(=O)C(=O)NC1CCN(S(C)(=O)=O)CC1)c1ccc(F)c(F)c1. The number of piperidine rings is 1. The van der Waals surface area contributed by atoms with Gasteiger partial charge >= 0.3 is 11.8 Å². The third-order valence-corrected chi connectivity index (χ3v) is 5.85. The van der Waals surface area contributed by atoms with Crippen LogP contribution in [0.1, 0.15) is 31.2 Å². The van der Waals surface area contributed by atoms with Crippen molar-refractivity contribution < 1.29 is 26.8 Å². The number of nitrogens with zero attached hydrogens (tertiary/aromatic N) is 1. The van der Waals surface area contributed by atoms with E-state index < -0.39 is 33.5 Å². The lowest BCUT2D eigenvalue weighted by molar-refractivity contribution is -0.139. The summed E-state index contributed by atoms with van der Waals surface area (Å²) >= 11 is 0. The van der Waals surface area contributed by atoms with Crippen LogP contribution in [0.4, 0.5) is 8.78 Å². The molecule has 2 N–H and O–H groups in total. The zero-order valence-electron chi connectivity index (χ0n) is 15.2. The van der Waals surface area contributed by atoms with E-state index in [-0.39, 0.29) is 18.5 Å². The second kappa shape index (κ2) is 8.75. The first kappa shape index (κ1) is 21.2. The van der Waals surface area contributed by atoms with Gasteiger partial charge in [0, 0.05) is 25.7 Å². The molecular formula is C17H23F2N3O4S. The lowest BCUT2D eigenvalue weighted by Gasteiger charge is -2.30. The van der Waals surface area contributed by atoms with E-state index in [4.69, 9.17) is 0 Å². The van der Waals surface area contributed by atoms with Crippen molar-refractivity contribution in [2.45, 2.75) is 31.7 Å². The lowest BCUT2D eigenvalue weighted by atomic mass is 10.0. The number of carbonyl (C=O) groups excluding carboxylic acids is 2. The van der Waals surface area contributed by atoms with E-state index in [0.717, 1.165) is 18.4 Å². The van der Waals surface area contributed by atoms with E-state index in [1.807, 2.05) is 0 Å². The number of sulfonamides is 1. The average molecular weight is 403 g/mol. The molecule has 10 heteroatoms. The van der Waals surface area contributed by atoms with Crippen molar-refractivity contribution in [2.75, 3.05) is 25.9 Å². The minimum absolute atomic E-state index is 0.0872. The Balaban J connectivity index is 1.79. The largest absolute Gasteiger partial charge is 0.347 e. The fourth-order valence-corrected chi connectivity index (χ4v) is 3.72. The van der Waals surface area contributed by atoms with Gasteiger partial charge in [0.2, 0.25) is 10.0 Å². The molecule has 2 rings (SSSR count). The van der Waals surface area contributed by atoms with Gasteiger partial charge in [0.25, 0.3) is 0 Å². The van der Waals surface area contributed by atoms with Crippen molar-refractivity contribution in [1.29, 1.82) is 0 Å². The van der Waals surface area contributed by atoms with E-state index in [1.165, 1.54) is 10.4 Å². The van der Waals surface area contributed by atoms with Crippen LogP contribution in [-0.4, -0.2) is 56.5 Å². The molecule has 0 saturated carbocycles. The highest BCUT2D eigenvalue weighted by Crippen LogP contribution is 2.17. The van der Waals surface area contributed by atoms with Crippen LogP contribution < -0.4 is 10.6 Å². The second-order valence-electron chi connectivity index (χ2n) is 6.69. The van der Waals surface area contributed by atoms with Gasteiger partial charge in [-0.1, -0.05) is 13.0 Å². The van der Waals surface area contributed by atoms with Gasteiger partial charge in [-0.15, -0.1) is 0 Å². The van der Waals surface area contributed by atoms with Gasteiger partial charge in [-0.3, -0.25) is 9.59 Å². The fourth-order valence-electron chi connectivity index (χ4n) is 2.85. The van der Waals surface area contributed by atoms with E-state index in [1.54, 1.807) is 6.92 Å². The summed E-state index contributed by atoms with van der Waals surface area (Å²) in [6.45, 7) is 2.38. The van der Waals surface area contributed by atoms with Gasteiger partial charge in [0.15, 0.2) is 11.6 Å². The van der Waals surface area contributed by atoms with E-state index >= 15 is 0 Å². The summed E-state index contributed by atoms with van der Waals surface area (Å²) in [5, 5.41) is 5.05. The van der Waals surface area contributed by atoms with Gasteiger partial charge in [0.1, 0.15) is 0 Å². The summed E-state index contributed by atoms with van der Waals surface area (Å²) in [7, 11) is -3.25. The first-order valence-corrected chi connectivity index (χ1v) is 10.4. The highest BCUT2D eigenvalue weighted by atomic mass is 32.2. The van der Waals surface area contributed by atoms with Crippen molar-refractivity contribution in [1.82, 2.24) is 14.9 Å². The normalized spacial score (nSPS) is 17.3. The van der Waals surface area contributed by atoms with E-state index in [9.17, 15) is 26.8 Å². The number of carbonyl (C=O) groups is 2. The van der Waals surface area contributed by atoms with Crippen LogP contribution in [0.3, 0.4) is 0 Å². The molecule has 1 unspecified atom stereocenters. The molecule has 1 aliphatic heterocycles. The molecule has 0 spiro atoms. The molecule has 0 aliphatic carbocycles. The molecule has 1 atom stereocenters. The Morgan fingerprint density at radius 3 is 2.37 bits per heavy atom. The van der Waals surface area contributed by atoms with Gasteiger partial charge in [0.05, 0.1) is 6.26 Å². The molecule has 7 nitrogen and oxygen atoms in total. The Morgan fingerprint density at radius 2 is 1.81 bits per heavy atom. The van der Waals surface area contributed by atoms with E-state index in [2.05, 4.69) is 10.6 Å². The second-order valence-corrected chi connectivity index (χ2v) is 8.68. The maximum Gasteiger partial charge on any atom is 0.309 e. The zero-order valence-corrected chi connectivity index (χ0v) is 16.0. The number of benzene rings is 1. The van der Waals surface area contributed by atoms with Crippen LogP contribution in [0.2, 0.25) is 0 Å².